The molecule has 21 heavy (non-hydrogen) atoms. The molecule has 7 nitrogen and oxygen atoms in total. The van der Waals surface area contributed by atoms with Crippen molar-refractivity contribution in [1.29, 1.82) is 0 Å². The smallest absolute Gasteiger partial charge is 0.337 e. The minimum absolute atomic E-state index is 0.241. The van der Waals surface area contributed by atoms with E-state index in [4.69, 9.17) is 0 Å². The Morgan fingerprint density at radius 1 is 1.33 bits per heavy atom. The van der Waals surface area contributed by atoms with Crippen LogP contribution in [0.5, 0.6) is 0 Å². The lowest BCUT2D eigenvalue weighted by molar-refractivity contribution is 0.0699. The highest BCUT2D eigenvalue weighted by Crippen LogP contribution is 2.20. The molecule has 0 atom stereocenters. The summed E-state index contributed by atoms with van der Waals surface area (Å²) in [6.45, 7) is 3.41. The van der Waals surface area contributed by atoms with Crippen molar-refractivity contribution in [2.75, 3.05) is 0 Å². The predicted octanol–water partition coefficient (Wildman–Crippen LogP) is 1.72. The SMILES string of the molecule is Cc1nc2c(C(=O)O)cccc2n1CCCn1ccnn1. The first-order valence-corrected chi connectivity index (χ1v) is 6.70. The van der Waals surface area contributed by atoms with Gasteiger partial charge >= 0.3 is 5.97 Å². The maximum atomic E-state index is 11.2. The Morgan fingerprint density at radius 2 is 2.19 bits per heavy atom. The van der Waals surface area contributed by atoms with E-state index in [1.54, 1.807) is 23.0 Å². The molecule has 0 spiro atoms. The summed E-state index contributed by atoms with van der Waals surface area (Å²) in [5.74, 6) is -0.134. The Labute approximate surface area is 120 Å². The number of rotatable bonds is 5. The number of aromatic carboxylic acids is 1. The van der Waals surface area contributed by atoms with Crippen LogP contribution in [-0.4, -0.2) is 35.6 Å². The standard InChI is InChI=1S/C14H15N5O2/c1-10-16-13-11(14(20)21)4-2-5-12(13)19(10)8-3-7-18-9-6-15-17-18/h2,4-6,9H,3,7-8H2,1H3,(H,20,21). The van der Waals surface area contributed by atoms with Gasteiger partial charge in [-0.2, -0.15) is 0 Å². The van der Waals surface area contributed by atoms with Gasteiger partial charge < -0.3 is 9.67 Å². The Kier molecular flexibility index (Phi) is 3.39. The van der Waals surface area contributed by atoms with E-state index in [-0.39, 0.29) is 5.56 Å². The van der Waals surface area contributed by atoms with E-state index in [1.807, 2.05) is 23.8 Å². The Bertz CT molecular complexity index is 776. The molecule has 1 N–H and O–H groups in total. The molecule has 0 radical (unpaired) electrons. The number of hydrogen-bond acceptors (Lipinski definition) is 4. The van der Waals surface area contributed by atoms with Gasteiger partial charge in [0, 0.05) is 19.3 Å². The van der Waals surface area contributed by atoms with Gasteiger partial charge in [0.05, 0.1) is 17.3 Å². The van der Waals surface area contributed by atoms with E-state index >= 15 is 0 Å². The fourth-order valence-electron chi connectivity index (χ4n) is 2.46. The first-order chi connectivity index (χ1) is 10.2. The van der Waals surface area contributed by atoms with Gasteiger partial charge in [-0.15, -0.1) is 5.10 Å². The van der Waals surface area contributed by atoms with Crippen LogP contribution in [0.2, 0.25) is 0 Å². The Balaban J connectivity index is 1.86. The van der Waals surface area contributed by atoms with Crippen LogP contribution in [0.15, 0.2) is 30.6 Å². The molecule has 0 unspecified atom stereocenters. The molecule has 0 aliphatic heterocycles. The maximum absolute atomic E-state index is 11.2. The minimum atomic E-state index is -0.951. The van der Waals surface area contributed by atoms with Gasteiger partial charge in [-0.1, -0.05) is 11.3 Å². The first kappa shape index (κ1) is 13.3. The van der Waals surface area contributed by atoms with Crippen LogP contribution in [0, 0.1) is 6.92 Å². The zero-order chi connectivity index (χ0) is 14.8. The normalized spacial score (nSPS) is 11.1. The van der Waals surface area contributed by atoms with Crippen molar-refractivity contribution >= 4 is 17.0 Å². The van der Waals surface area contributed by atoms with Crippen LogP contribution < -0.4 is 0 Å². The van der Waals surface area contributed by atoms with Gasteiger partial charge in [-0.05, 0) is 25.5 Å². The first-order valence-electron chi connectivity index (χ1n) is 6.70. The number of benzene rings is 1. The summed E-state index contributed by atoms with van der Waals surface area (Å²) in [4.78, 5) is 15.6. The van der Waals surface area contributed by atoms with Crippen molar-refractivity contribution in [3.05, 3.63) is 42.0 Å². The average molecular weight is 285 g/mol. The number of carboxylic acids is 1. The quantitative estimate of drug-likeness (QED) is 0.771. The molecule has 0 aliphatic rings. The molecule has 0 amide bonds. The van der Waals surface area contributed by atoms with Crippen LogP contribution in [0.4, 0.5) is 0 Å². The van der Waals surface area contributed by atoms with Gasteiger partial charge in [0.1, 0.15) is 11.3 Å². The highest BCUT2D eigenvalue weighted by atomic mass is 16.4. The molecular weight excluding hydrogens is 270 g/mol. The third-order valence-corrected chi connectivity index (χ3v) is 3.44. The molecule has 2 heterocycles. The monoisotopic (exact) mass is 285 g/mol. The van der Waals surface area contributed by atoms with Crippen molar-refractivity contribution in [1.82, 2.24) is 24.5 Å². The summed E-state index contributed by atoms with van der Waals surface area (Å²) in [6, 6.07) is 5.23. The number of carbonyl (C=O) groups is 1. The highest BCUT2D eigenvalue weighted by Gasteiger charge is 2.14. The van der Waals surface area contributed by atoms with E-state index in [2.05, 4.69) is 15.3 Å². The van der Waals surface area contributed by atoms with E-state index in [0.29, 0.717) is 5.52 Å². The van der Waals surface area contributed by atoms with E-state index in [9.17, 15) is 9.90 Å². The van der Waals surface area contributed by atoms with Gasteiger partial charge in [0.25, 0.3) is 0 Å². The molecular formula is C14H15N5O2. The molecule has 0 bridgehead atoms. The Hall–Kier alpha value is -2.70. The summed E-state index contributed by atoms with van der Waals surface area (Å²) in [6.07, 6.45) is 4.34. The zero-order valence-corrected chi connectivity index (χ0v) is 11.6. The van der Waals surface area contributed by atoms with Gasteiger partial charge in [-0.3, -0.25) is 4.68 Å². The van der Waals surface area contributed by atoms with E-state index < -0.39 is 5.97 Å². The van der Waals surface area contributed by atoms with Gasteiger partial charge in [0.15, 0.2) is 0 Å². The summed E-state index contributed by atoms with van der Waals surface area (Å²) in [7, 11) is 0. The number of aromatic nitrogens is 5. The average Bonchev–Trinajstić information content (AvgIpc) is 3.07. The second-order valence-electron chi connectivity index (χ2n) is 4.81. The molecule has 0 saturated heterocycles. The summed E-state index contributed by atoms with van der Waals surface area (Å²) < 4.78 is 3.82. The summed E-state index contributed by atoms with van der Waals surface area (Å²) in [5, 5.41) is 16.9. The highest BCUT2D eigenvalue weighted by molar-refractivity contribution is 6.01. The van der Waals surface area contributed by atoms with Crippen molar-refractivity contribution < 1.29 is 9.90 Å². The number of para-hydroxylation sites is 1. The zero-order valence-electron chi connectivity index (χ0n) is 11.6. The fraction of sp³-hybridized carbons (Fsp3) is 0.286. The largest absolute Gasteiger partial charge is 0.478 e. The molecule has 108 valence electrons. The van der Waals surface area contributed by atoms with Crippen molar-refractivity contribution in [3.63, 3.8) is 0 Å². The molecule has 0 fully saturated rings. The molecule has 1 aromatic carbocycles. The number of nitrogens with zero attached hydrogens (tertiary/aromatic N) is 5. The van der Waals surface area contributed by atoms with Gasteiger partial charge in [-0.25, -0.2) is 9.78 Å². The molecule has 2 aromatic heterocycles. The van der Waals surface area contributed by atoms with Crippen molar-refractivity contribution in [3.8, 4) is 0 Å². The van der Waals surface area contributed by atoms with Crippen LogP contribution in [-0.2, 0) is 13.1 Å². The second-order valence-corrected chi connectivity index (χ2v) is 4.81. The van der Waals surface area contributed by atoms with Crippen LogP contribution in [0.25, 0.3) is 11.0 Å². The molecule has 3 rings (SSSR count). The summed E-state index contributed by atoms with van der Waals surface area (Å²) >= 11 is 0. The topological polar surface area (TPSA) is 85.8 Å². The van der Waals surface area contributed by atoms with Crippen LogP contribution in [0.3, 0.4) is 0 Å². The molecule has 3 aromatic rings. The van der Waals surface area contributed by atoms with E-state index in [1.165, 1.54) is 0 Å². The van der Waals surface area contributed by atoms with Crippen molar-refractivity contribution in [2.45, 2.75) is 26.4 Å². The predicted molar refractivity (Wildman–Crippen MR) is 76.1 cm³/mol. The number of hydrogen-bond donors (Lipinski definition) is 1. The van der Waals surface area contributed by atoms with E-state index in [0.717, 1.165) is 30.9 Å². The molecule has 0 aliphatic carbocycles. The summed E-state index contributed by atoms with van der Waals surface area (Å²) in [5.41, 5.74) is 1.64. The van der Waals surface area contributed by atoms with Crippen molar-refractivity contribution in [2.24, 2.45) is 0 Å². The lowest BCUT2D eigenvalue weighted by Crippen LogP contribution is -2.06. The maximum Gasteiger partial charge on any atom is 0.337 e. The minimum Gasteiger partial charge on any atom is -0.478 e. The second kappa shape index (κ2) is 5.35. The number of imidazole rings is 1. The lowest BCUT2D eigenvalue weighted by atomic mass is 10.2. The number of fused-ring (bicyclic) bond motifs is 1. The van der Waals surface area contributed by atoms with Crippen LogP contribution >= 0.6 is 0 Å². The number of aryl methyl sites for hydroxylation is 3. The Morgan fingerprint density at radius 3 is 2.90 bits per heavy atom. The lowest BCUT2D eigenvalue weighted by Gasteiger charge is -2.07. The molecule has 0 saturated carbocycles. The third-order valence-electron chi connectivity index (χ3n) is 3.44. The van der Waals surface area contributed by atoms with Gasteiger partial charge in [0.2, 0.25) is 0 Å². The number of carboxylic acid groups (broad SMARTS) is 1. The fourth-order valence-corrected chi connectivity index (χ4v) is 2.46. The third kappa shape index (κ3) is 2.49. The molecule has 7 heteroatoms. The van der Waals surface area contributed by atoms with Crippen LogP contribution in [0.1, 0.15) is 22.6 Å².